The molecule has 0 aliphatic carbocycles. The first-order chi connectivity index (χ1) is 7.54. The summed E-state index contributed by atoms with van der Waals surface area (Å²) in [5, 5.41) is 19.3. The van der Waals surface area contributed by atoms with E-state index in [0.29, 0.717) is 10.2 Å². The van der Waals surface area contributed by atoms with Gasteiger partial charge in [0.2, 0.25) is 0 Å². The van der Waals surface area contributed by atoms with Gasteiger partial charge in [-0.25, -0.2) is 4.98 Å². The first-order valence-corrected chi connectivity index (χ1v) is 5.38. The second kappa shape index (κ2) is 5.93. The Morgan fingerprint density at radius 3 is 2.88 bits per heavy atom. The van der Waals surface area contributed by atoms with Gasteiger partial charge < -0.3 is 14.9 Å². The second-order valence-corrected chi connectivity index (χ2v) is 4.02. The Kier molecular flexibility index (Phi) is 4.85. The average molecular weight is 290 g/mol. The predicted molar refractivity (Wildman–Crippen MR) is 59.5 cm³/mol. The van der Waals surface area contributed by atoms with Gasteiger partial charge in [0, 0.05) is 6.20 Å². The Balaban J connectivity index is 2.70. The van der Waals surface area contributed by atoms with Gasteiger partial charge in [0.05, 0.1) is 19.6 Å². The van der Waals surface area contributed by atoms with E-state index in [2.05, 4.69) is 25.7 Å². The highest BCUT2D eigenvalue weighted by atomic mass is 79.9. The fourth-order valence-electron chi connectivity index (χ4n) is 1.19. The minimum atomic E-state index is -1.19. The SMILES string of the molecule is COC(=O)CC(O)C(O)c1ccnc(Br)c1. The third-order valence-electron chi connectivity index (χ3n) is 2.06. The van der Waals surface area contributed by atoms with Crippen LogP contribution in [-0.2, 0) is 9.53 Å². The lowest BCUT2D eigenvalue weighted by Crippen LogP contribution is -2.22. The van der Waals surface area contributed by atoms with Crippen LogP contribution in [0.2, 0.25) is 0 Å². The molecule has 0 spiro atoms. The summed E-state index contributed by atoms with van der Waals surface area (Å²) in [7, 11) is 1.23. The van der Waals surface area contributed by atoms with Crippen LogP contribution in [0, 0.1) is 0 Å². The summed E-state index contributed by atoms with van der Waals surface area (Å²) in [6.45, 7) is 0. The number of aromatic nitrogens is 1. The van der Waals surface area contributed by atoms with Crippen molar-refractivity contribution < 1.29 is 19.7 Å². The van der Waals surface area contributed by atoms with E-state index in [1.54, 1.807) is 12.1 Å². The number of pyridine rings is 1. The van der Waals surface area contributed by atoms with E-state index >= 15 is 0 Å². The minimum Gasteiger partial charge on any atom is -0.469 e. The second-order valence-electron chi connectivity index (χ2n) is 3.20. The van der Waals surface area contributed by atoms with Crippen LogP contribution in [0.4, 0.5) is 0 Å². The topological polar surface area (TPSA) is 79.7 Å². The summed E-state index contributed by atoms with van der Waals surface area (Å²) >= 11 is 3.15. The van der Waals surface area contributed by atoms with Crippen molar-refractivity contribution in [1.29, 1.82) is 0 Å². The van der Waals surface area contributed by atoms with Crippen LogP contribution in [0.25, 0.3) is 0 Å². The Morgan fingerprint density at radius 1 is 1.62 bits per heavy atom. The third-order valence-corrected chi connectivity index (χ3v) is 2.49. The Morgan fingerprint density at radius 2 is 2.31 bits per heavy atom. The van der Waals surface area contributed by atoms with Gasteiger partial charge in [0.15, 0.2) is 0 Å². The highest BCUT2D eigenvalue weighted by Gasteiger charge is 2.21. The summed E-state index contributed by atoms with van der Waals surface area (Å²) in [6, 6.07) is 3.14. The lowest BCUT2D eigenvalue weighted by molar-refractivity contribution is -0.144. The van der Waals surface area contributed by atoms with Crippen molar-refractivity contribution >= 4 is 21.9 Å². The number of hydrogen-bond donors (Lipinski definition) is 2. The molecule has 16 heavy (non-hydrogen) atoms. The number of ether oxygens (including phenoxy) is 1. The maximum atomic E-state index is 10.9. The summed E-state index contributed by atoms with van der Waals surface area (Å²) in [6.07, 6.45) is -1.09. The molecule has 0 amide bonds. The van der Waals surface area contributed by atoms with Crippen LogP contribution in [0.1, 0.15) is 18.1 Å². The lowest BCUT2D eigenvalue weighted by Gasteiger charge is -2.16. The normalized spacial score (nSPS) is 14.2. The van der Waals surface area contributed by atoms with Gasteiger partial charge in [-0.2, -0.15) is 0 Å². The number of carbonyl (C=O) groups excluding carboxylic acids is 1. The standard InChI is InChI=1S/C10H12BrNO4/c1-16-9(14)5-7(13)10(15)6-2-3-12-8(11)4-6/h2-4,7,10,13,15H,5H2,1H3. The number of aliphatic hydroxyl groups is 2. The van der Waals surface area contributed by atoms with E-state index in [1.807, 2.05) is 0 Å². The fourth-order valence-corrected chi connectivity index (χ4v) is 1.57. The van der Waals surface area contributed by atoms with E-state index in [0.717, 1.165) is 0 Å². The molecule has 0 aliphatic heterocycles. The molecule has 0 saturated carbocycles. The number of carbonyl (C=O) groups is 1. The summed E-state index contributed by atoms with van der Waals surface area (Å²) < 4.78 is 4.95. The van der Waals surface area contributed by atoms with Crippen molar-refractivity contribution in [3.8, 4) is 0 Å². The van der Waals surface area contributed by atoms with Gasteiger partial charge in [0.1, 0.15) is 10.7 Å². The van der Waals surface area contributed by atoms with E-state index < -0.39 is 18.2 Å². The van der Waals surface area contributed by atoms with Crippen molar-refractivity contribution in [2.24, 2.45) is 0 Å². The molecular weight excluding hydrogens is 278 g/mol. The molecule has 5 nitrogen and oxygen atoms in total. The van der Waals surface area contributed by atoms with Crippen molar-refractivity contribution in [3.05, 3.63) is 28.5 Å². The minimum absolute atomic E-state index is 0.252. The van der Waals surface area contributed by atoms with Crippen LogP contribution in [0.5, 0.6) is 0 Å². The van der Waals surface area contributed by atoms with Crippen LogP contribution < -0.4 is 0 Å². The number of hydrogen-bond acceptors (Lipinski definition) is 5. The Bertz CT molecular complexity index is 372. The predicted octanol–water partition coefficient (Wildman–Crippen LogP) is 0.801. The first kappa shape index (κ1) is 13.1. The number of rotatable bonds is 4. The smallest absolute Gasteiger partial charge is 0.308 e. The number of aliphatic hydroxyl groups excluding tert-OH is 2. The summed E-state index contributed by atoms with van der Waals surface area (Å²) in [4.78, 5) is 14.8. The monoisotopic (exact) mass is 289 g/mol. The number of halogens is 1. The van der Waals surface area contributed by atoms with Crippen LogP contribution >= 0.6 is 15.9 Å². The van der Waals surface area contributed by atoms with Crippen molar-refractivity contribution in [2.45, 2.75) is 18.6 Å². The van der Waals surface area contributed by atoms with Crippen molar-refractivity contribution in [2.75, 3.05) is 7.11 Å². The lowest BCUT2D eigenvalue weighted by atomic mass is 10.0. The third kappa shape index (κ3) is 3.55. The first-order valence-electron chi connectivity index (χ1n) is 4.59. The zero-order valence-electron chi connectivity index (χ0n) is 8.63. The van der Waals surface area contributed by atoms with E-state index in [1.165, 1.54) is 13.3 Å². The highest BCUT2D eigenvalue weighted by Crippen LogP contribution is 2.21. The molecule has 0 aliphatic rings. The zero-order chi connectivity index (χ0) is 12.1. The molecule has 2 atom stereocenters. The molecule has 88 valence electrons. The molecule has 0 fully saturated rings. The Labute approximate surface area is 101 Å². The van der Waals surface area contributed by atoms with Gasteiger partial charge in [0.25, 0.3) is 0 Å². The quantitative estimate of drug-likeness (QED) is 0.633. The van der Waals surface area contributed by atoms with Gasteiger partial charge >= 0.3 is 5.97 Å². The molecule has 1 rings (SSSR count). The molecule has 6 heteroatoms. The molecule has 0 bridgehead atoms. The van der Waals surface area contributed by atoms with Gasteiger partial charge in [-0.15, -0.1) is 0 Å². The number of methoxy groups -OCH3 is 1. The van der Waals surface area contributed by atoms with Crippen LogP contribution in [0.15, 0.2) is 22.9 Å². The molecule has 2 unspecified atom stereocenters. The number of esters is 1. The molecule has 1 aromatic rings. The van der Waals surface area contributed by atoms with E-state index in [4.69, 9.17) is 0 Å². The fraction of sp³-hybridized carbons (Fsp3) is 0.400. The molecule has 0 aromatic carbocycles. The Hall–Kier alpha value is -0.980. The maximum absolute atomic E-state index is 10.9. The van der Waals surface area contributed by atoms with Crippen LogP contribution in [-0.4, -0.2) is 34.4 Å². The largest absolute Gasteiger partial charge is 0.469 e. The molecule has 1 heterocycles. The average Bonchev–Trinajstić information content (AvgIpc) is 2.27. The molecular formula is C10H12BrNO4. The van der Waals surface area contributed by atoms with Crippen molar-refractivity contribution in [3.63, 3.8) is 0 Å². The summed E-state index contributed by atoms with van der Waals surface area (Å²) in [5.41, 5.74) is 0.485. The zero-order valence-corrected chi connectivity index (χ0v) is 10.2. The molecule has 0 saturated heterocycles. The van der Waals surface area contributed by atoms with Crippen molar-refractivity contribution in [1.82, 2.24) is 4.98 Å². The van der Waals surface area contributed by atoms with Gasteiger partial charge in [-0.3, -0.25) is 4.79 Å². The van der Waals surface area contributed by atoms with E-state index in [-0.39, 0.29) is 6.42 Å². The highest BCUT2D eigenvalue weighted by molar-refractivity contribution is 9.10. The van der Waals surface area contributed by atoms with E-state index in [9.17, 15) is 15.0 Å². The number of nitrogens with zero attached hydrogens (tertiary/aromatic N) is 1. The molecule has 0 radical (unpaired) electrons. The van der Waals surface area contributed by atoms with Crippen LogP contribution in [0.3, 0.4) is 0 Å². The maximum Gasteiger partial charge on any atom is 0.308 e. The van der Waals surface area contributed by atoms with Gasteiger partial charge in [-0.05, 0) is 33.6 Å². The molecule has 1 aromatic heterocycles. The van der Waals surface area contributed by atoms with Gasteiger partial charge in [-0.1, -0.05) is 0 Å². The summed E-state index contributed by atoms with van der Waals surface area (Å²) in [5.74, 6) is -0.570. The molecule has 2 N–H and O–H groups in total.